The van der Waals surface area contributed by atoms with E-state index in [1.165, 1.54) is 66.7 Å². The third kappa shape index (κ3) is 9.91. The highest BCUT2D eigenvalue weighted by atomic mass is 32.2. The largest absolute Gasteiger partial charge is 0.508 e. The number of benzene rings is 4. The molecule has 41 heavy (non-hydrogen) atoms. The molecule has 0 aromatic heterocycles. The van der Waals surface area contributed by atoms with Crippen molar-refractivity contribution in [3.63, 3.8) is 0 Å². The summed E-state index contributed by atoms with van der Waals surface area (Å²) in [5, 5.41) is 35.5. The lowest BCUT2D eigenvalue weighted by atomic mass is 10.3. The van der Waals surface area contributed by atoms with Crippen LogP contribution in [0.4, 0.5) is 0 Å². The summed E-state index contributed by atoms with van der Waals surface area (Å²) in [5.74, 6) is 1.84. The molecule has 4 aromatic carbocycles. The summed E-state index contributed by atoms with van der Waals surface area (Å²) in [5.41, 5.74) is 0. The average Bonchev–Trinajstić information content (AvgIpc) is 3.88. The summed E-state index contributed by atoms with van der Waals surface area (Å²) in [7, 11) is -3.59. The van der Waals surface area contributed by atoms with E-state index >= 15 is 0 Å². The molecule has 11 heteroatoms. The van der Waals surface area contributed by atoms with E-state index in [2.05, 4.69) is 0 Å². The zero-order valence-corrected chi connectivity index (χ0v) is 22.7. The van der Waals surface area contributed by atoms with Crippen molar-refractivity contribution in [2.45, 2.75) is 22.0 Å². The van der Waals surface area contributed by atoms with Gasteiger partial charge in [0.1, 0.15) is 59.9 Å². The van der Waals surface area contributed by atoms with E-state index in [-0.39, 0.29) is 45.0 Å². The van der Waals surface area contributed by atoms with Crippen molar-refractivity contribution in [3.05, 3.63) is 97.1 Å². The predicted molar refractivity (Wildman–Crippen MR) is 148 cm³/mol. The van der Waals surface area contributed by atoms with Gasteiger partial charge in [0.15, 0.2) is 0 Å². The topological polar surface area (TPSA) is 159 Å². The van der Waals surface area contributed by atoms with Crippen LogP contribution in [0.15, 0.2) is 107 Å². The Labute approximate surface area is 237 Å². The van der Waals surface area contributed by atoms with Crippen LogP contribution in [0.2, 0.25) is 0 Å². The molecule has 0 saturated carbocycles. The number of hydrogen-bond acceptors (Lipinski definition) is 10. The fourth-order valence-corrected chi connectivity index (χ4v) is 4.50. The Morgan fingerprint density at radius 1 is 0.585 bits per heavy atom. The summed E-state index contributed by atoms with van der Waals surface area (Å²) >= 11 is 0. The number of ether oxygens (including phenoxy) is 4. The average molecular weight is 583 g/mol. The fourth-order valence-electron chi connectivity index (χ4n) is 3.24. The molecule has 0 bridgehead atoms. The Morgan fingerprint density at radius 2 is 0.976 bits per heavy atom. The van der Waals surface area contributed by atoms with Crippen LogP contribution >= 0.6 is 0 Å². The molecule has 6 rings (SSSR count). The Hall–Kier alpha value is -4.45. The summed E-state index contributed by atoms with van der Waals surface area (Å²) in [6.07, 6.45) is 0.564. The lowest BCUT2D eigenvalue weighted by Gasteiger charge is -2.07. The van der Waals surface area contributed by atoms with Gasteiger partial charge in [0.25, 0.3) is 0 Å². The first-order valence-electron chi connectivity index (χ1n) is 12.6. The second-order valence-corrected chi connectivity index (χ2v) is 11.0. The van der Waals surface area contributed by atoms with E-state index in [0.29, 0.717) is 13.2 Å². The number of rotatable bonds is 8. The fraction of sp³-hybridized carbons (Fsp3) is 0.200. The first-order valence-corrected chi connectivity index (χ1v) is 14.1. The van der Waals surface area contributed by atoms with E-state index in [4.69, 9.17) is 39.4 Å². The van der Waals surface area contributed by atoms with Gasteiger partial charge in [-0.05, 0) is 72.8 Å². The maximum absolute atomic E-state index is 12.1. The molecule has 0 amide bonds. The third-order valence-corrected chi connectivity index (χ3v) is 7.39. The van der Waals surface area contributed by atoms with Crippen molar-refractivity contribution in [2.24, 2.45) is 0 Å². The van der Waals surface area contributed by atoms with Crippen LogP contribution in [0.1, 0.15) is 0 Å². The maximum atomic E-state index is 12.1. The van der Waals surface area contributed by atoms with Gasteiger partial charge in [0, 0.05) is 12.1 Å². The minimum Gasteiger partial charge on any atom is -0.508 e. The van der Waals surface area contributed by atoms with Crippen molar-refractivity contribution in [2.75, 3.05) is 26.4 Å². The van der Waals surface area contributed by atoms with Crippen molar-refractivity contribution >= 4 is 9.84 Å². The molecule has 216 valence electrons. The Bertz CT molecular complexity index is 1400. The zero-order chi connectivity index (χ0) is 29.2. The molecule has 4 aromatic rings. The van der Waals surface area contributed by atoms with Crippen LogP contribution in [0, 0.1) is 0 Å². The van der Waals surface area contributed by atoms with Crippen LogP contribution in [-0.4, -0.2) is 67.5 Å². The van der Waals surface area contributed by atoms with Gasteiger partial charge in [-0.2, -0.15) is 0 Å². The van der Waals surface area contributed by atoms with Crippen LogP contribution in [0.25, 0.3) is 0 Å². The normalized spacial score (nSPS) is 16.7. The molecule has 2 aliphatic rings. The Balaban J connectivity index is 0.000000151. The van der Waals surface area contributed by atoms with Crippen LogP contribution in [0.5, 0.6) is 34.5 Å². The summed E-state index contributed by atoms with van der Waals surface area (Å²) in [6.45, 7) is 2.87. The van der Waals surface area contributed by atoms with Crippen molar-refractivity contribution in [1.82, 2.24) is 0 Å². The van der Waals surface area contributed by atoms with E-state index in [1.807, 2.05) is 24.3 Å². The number of sulfone groups is 1. The van der Waals surface area contributed by atoms with Gasteiger partial charge >= 0.3 is 0 Å². The Morgan fingerprint density at radius 3 is 1.32 bits per heavy atom. The molecule has 2 saturated heterocycles. The highest BCUT2D eigenvalue weighted by Gasteiger charge is 2.24. The molecule has 2 aliphatic heterocycles. The molecule has 2 fully saturated rings. The number of epoxide rings is 2. The second-order valence-electron chi connectivity index (χ2n) is 9.02. The second kappa shape index (κ2) is 13.8. The van der Waals surface area contributed by atoms with Gasteiger partial charge < -0.3 is 39.4 Å². The van der Waals surface area contributed by atoms with E-state index < -0.39 is 9.84 Å². The molecule has 10 nitrogen and oxygen atoms in total. The van der Waals surface area contributed by atoms with Gasteiger partial charge in [0.05, 0.1) is 23.0 Å². The van der Waals surface area contributed by atoms with Gasteiger partial charge in [-0.3, -0.25) is 0 Å². The molecule has 0 spiro atoms. The SMILES string of the molecule is O=S(=O)(c1ccc(O)cc1)c1ccc(O)cc1.Oc1cccc(O)c1.c1cc(OCC2CO2)cc(OCC2CO2)c1. The smallest absolute Gasteiger partial charge is 0.206 e. The van der Waals surface area contributed by atoms with Crippen molar-refractivity contribution in [3.8, 4) is 34.5 Å². The molecule has 2 unspecified atom stereocenters. The van der Waals surface area contributed by atoms with Crippen molar-refractivity contribution < 1.29 is 47.8 Å². The van der Waals surface area contributed by atoms with Gasteiger partial charge in [-0.25, -0.2) is 8.42 Å². The minimum atomic E-state index is -3.59. The number of aromatic hydroxyl groups is 4. The molecular formula is C30H30O10S. The highest BCUT2D eigenvalue weighted by molar-refractivity contribution is 7.91. The van der Waals surface area contributed by atoms with E-state index in [1.54, 1.807) is 6.07 Å². The molecule has 2 atom stereocenters. The highest BCUT2D eigenvalue weighted by Crippen LogP contribution is 2.24. The van der Waals surface area contributed by atoms with Gasteiger partial charge in [0.2, 0.25) is 9.84 Å². The molecule has 4 N–H and O–H groups in total. The standard InChI is InChI=1S/C12H10O4S.C12H14O4.C6H6O2/c13-9-1-5-11(6-2-9)17(15,16)12-7-3-10(14)4-8-12;1-2-9(13-5-11-7-15-11)4-10(3-1)14-6-12-8-16-12;7-5-2-1-3-6(8)4-5/h1-8,13-14H;1-4,11-12H,5-8H2;1-4,7-8H. The lowest BCUT2D eigenvalue weighted by Crippen LogP contribution is -2.06. The van der Waals surface area contributed by atoms with Gasteiger partial charge in [-0.1, -0.05) is 12.1 Å². The van der Waals surface area contributed by atoms with Crippen LogP contribution in [-0.2, 0) is 19.3 Å². The monoisotopic (exact) mass is 582 g/mol. The number of hydrogen-bond donors (Lipinski definition) is 4. The minimum absolute atomic E-state index is 0.00894. The third-order valence-electron chi connectivity index (χ3n) is 5.61. The number of phenolic OH excluding ortho intramolecular Hbond substituents is 4. The van der Waals surface area contributed by atoms with E-state index in [0.717, 1.165) is 24.7 Å². The summed E-state index contributed by atoms with van der Waals surface area (Å²) < 4.78 is 45.4. The van der Waals surface area contributed by atoms with Gasteiger partial charge in [-0.15, -0.1) is 0 Å². The van der Waals surface area contributed by atoms with Crippen molar-refractivity contribution in [1.29, 1.82) is 0 Å². The summed E-state index contributed by atoms with van der Waals surface area (Å²) in [4.78, 5) is 0.196. The maximum Gasteiger partial charge on any atom is 0.206 e. The molecular weight excluding hydrogens is 552 g/mol. The summed E-state index contributed by atoms with van der Waals surface area (Å²) in [6, 6.07) is 24.1. The first kappa shape index (κ1) is 29.5. The van der Waals surface area contributed by atoms with E-state index in [9.17, 15) is 8.42 Å². The lowest BCUT2D eigenvalue weighted by molar-refractivity contribution is 0.252. The Kier molecular flexibility index (Phi) is 9.91. The quantitative estimate of drug-likeness (QED) is 0.221. The zero-order valence-electron chi connectivity index (χ0n) is 21.9. The number of phenols is 4. The first-order chi connectivity index (χ1) is 19.7. The predicted octanol–water partition coefficient (Wildman–Crippen LogP) is 4.27. The van der Waals surface area contributed by atoms with Crippen LogP contribution in [0.3, 0.4) is 0 Å². The molecule has 0 radical (unpaired) electrons. The molecule has 2 heterocycles. The van der Waals surface area contributed by atoms with Crippen LogP contribution < -0.4 is 9.47 Å². The molecule has 0 aliphatic carbocycles.